The number of carbonyl (C=O) groups excluding carboxylic acids is 2. The van der Waals surface area contributed by atoms with Gasteiger partial charge in [-0.1, -0.05) is 12.1 Å². The molecule has 0 saturated carbocycles. The van der Waals surface area contributed by atoms with Crippen LogP contribution in [0.1, 0.15) is 36.4 Å². The Morgan fingerprint density at radius 3 is 2.49 bits per heavy atom. The number of anilines is 1. The van der Waals surface area contributed by atoms with Gasteiger partial charge >= 0.3 is 11.9 Å². The highest BCUT2D eigenvalue weighted by atomic mass is 79.9. The third kappa shape index (κ3) is 5.99. The van der Waals surface area contributed by atoms with Crippen molar-refractivity contribution in [2.45, 2.75) is 38.0 Å². The van der Waals surface area contributed by atoms with Crippen molar-refractivity contribution in [3.8, 4) is 16.2 Å². The zero-order valence-corrected chi connectivity index (χ0v) is 23.2. The quantitative estimate of drug-likeness (QED) is 0.440. The van der Waals surface area contributed by atoms with E-state index in [0.29, 0.717) is 33.4 Å². The molecule has 12 heteroatoms. The van der Waals surface area contributed by atoms with Crippen LogP contribution < -0.4 is 14.4 Å². The van der Waals surface area contributed by atoms with Crippen molar-refractivity contribution < 1.29 is 32.2 Å². The van der Waals surface area contributed by atoms with Crippen molar-refractivity contribution in [1.82, 2.24) is 5.32 Å². The lowest BCUT2D eigenvalue weighted by atomic mass is 10.1. The molecule has 1 N–H and O–H groups in total. The van der Waals surface area contributed by atoms with Crippen molar-refractivity contribution >= 4 is 54.9 Å². The van der Waals surface area contributed by atoms with Gasteiger partial charge in [0.2, 0.25) is 10.0 Å². The topological polar surface area (TPSA) is 111 Å². The number of methoxy groups -OCH3 is 2. The zero-order valence-electron chi connectivity index (χ0n) is 20.0. The number of hydrogen-bond donors (Lipinski definition) is 1. The van der Waals surface area contributed by atoms with E-state index in [1.807, 2.05) is 6.07 Å². The Labute approximate surface area is 217 Å². The number of benzene rings is 1. The van der Waals surface area contributed by atoms with Gasteiger partial charge in [0.05, 0.1) is 34.5 Å². The van der Waals surface area contributed by atoms with Gasteiger partial charge in [-0.05, 0) is 73.4 Å². The summed E-state index contributed by atoms with van der Waals surface area (Å²) >= 11 is 4.62. The zero-order chi connectivity index (χ0) is 25.8. The fourth-order valence-electron chi connectivity index (χ4n) is 3.75. The van der Waals surface area contributed by atoms with Gasteiger partial charge < -0.3 is 19.5 Å². The molecule has 1 aliphatic heterocycles. The number of piperidine rings is 1. The summed E-state index contributed by atoms with van der Waals surface area (Å²) < 4.78 is 43.9. The van der Waals surface area contributed by atoms with Gasteiger partial charge in [0.25, 0.3) is 0 Å². The van der Waals surface area contributed by atoms with Gasteiger partial charge in [0.1, 0.15) is 0 Å². The molecule has 192 valence electrons. The first-order valence-corrected chi connectivity index (χ1v) is 14.2. The molecule has 35 heavy (non-hydrogen) atoms. The molecule has 1 aromatic carbocycles. The summed E-state index contributed by atoms with van der Waals surface area (Å²) in [5.41, 5.74) is 1.25. The van der Waals surface area contributed by atoms with Crippen LogP contribution in [0.3, 0.4) is 0 Å². The second kappa shape index (κ2) is 11.7. The molecule has 0 atom stereocenters. The highest BCUT2D eigenvalue weighted by Gasteiger charge is 2.34. The lowest BCUT2D eigenvalue weighted by Gasteiger charge is -2.36. The van der Waals surface area contributed by atoms with E-state index in [-0.39, 0.29) is 23.3 Å². The summed E-state index contributed by atoms with van der Waals surface area (Å²) in [5.74, 6) is -1.05. The number of nitrogens with zero attached hydrogens (tertiary/aromatic N) is 1. The fourth-order valence-corrected chi connectivity index (χ4v) is 7.20. The molecule has 1 saturated heterocycles. The van der Waals surface area contributed by atoms with Crippen molar-refractivity contribution in [3.63, 3.8) is 0 Å². The van der Waals surface area contributed by atoms with E-state index in [9.17, 15) is 18.0 Å². The molecule has 0 radical (unpaired) electrons. The van der Waals surface area contributed by atoms with Crippen LogP contribution in [0.25, 0.3) is 10.4 Å². The predicted octanol–water partition coefficient (Wildman–Crippen LogP) is 3.81. The molecule has 1 fully saturated rings. The van der Waals surface area contributed by atoms with Crippen molar-refractivity contribution in [2.75, 3.05) is 38.2 Å². The maximum absolute atomic E-state index is 13.4. The van der Waals surface area contributed by atoms with Crippen LogP contribution in [-0.4, -0.2) is 65.6 Å². The van der Waals surface area contributed by atoms with Crippen molar-refractivity contribution in [3.05, 3.63) is 33.6 Å². The Hall–Kier alpha value is -2.15. The molecule has 0 aliphatic carbocycles. The monoisotopic (exact) mass is 588 g/mol. The van der Waals surface area contributed by atoms with E-state index in [2.05, 4.69) is 26.0 Å². The minimum absolute atomic E-state index is 0.157. The third-order valence-electron chi connectivity index (χ3n) is 5.61. The Bertz CT molecular complexity index is 1170. The highest BCUT2D eigenvalue weighted by molar-refractivity contribution is 9.10. The van der Waals surface area contributed by atoms with Gasteiger partial charge in [-0.25, -0.2) is 18.0 Å². The maximum Gasteiger partial charge on any atom is 0.351 e. The largest absolute Gasteiger partial charge is 0.479 e. The van der Waals surface area contributed by atoms with Crippen LogP contribution >= 0.6 is 27.3 Å². The molecular formula is C23H29BrN2O7S2. The van der Waals surface area contributed by atoms with E-state index in [1.165, 1.54) is 14.2 Å². The first-order chi connectivity index (χ1) is 16.6. The Kier molecular flexibility index (Phi) is 9.19. The maximum atomic E-state index is 13.4. The standard InChI is InChI=1S/C23H29BrN2O7S2/c1-14(2)35(29,30)26(16-8-10-25-11-9-16)17-7-5-6-15(12-17)21-19(24)20(33-13-18(27)31-3)22(34-21)23(28)32-4/h5-7,12,14,16,25H,8-11,13H2,1-4H3. The third-order valence-corrected chi connectivity index (χ3v) is 10.1. The van der Waals surface area contributed by atoms with E-state index in [1.54, 1.807) is 36.4 Å². The fraction of sp³-hybridized carbons (Fsp3) is 0.478. The van der Waals surface area contributed by atoms with Crippen LogP contribution in [0, 0.1) is 0 Å². The Morgan fingerprint density at radius 2 is 1.89 bits per heavy atom. The summed E-state index contributed by atoms with van der Waals surface area (Å²) in [6.45, 7) is 4.46. The highest BCUT2D eigenvalue weighted by Crippen LogP contribution is 2.46. The summed E-state index contributed by atoms with van der Waals surface area (Å²) in [6.07, 6.45) is 1.41. The van der Waals surface area contributed by atoms with Gasteiger partial charge in [-0.3, -0.25) is 4.31 Å². The Morgan fingerprint density at radius 1 is 1.20 bits per heavy atom. The molecule has 1 aromatic heterocycles. The lowest BCUT2D eigenvalue weighted by Crippen LogP contribution is -2.48. The van der Waals surface area contributed by atoms with Gasteiger partial charge in [-0.15, -0.1) is 11.3 Å². The van der Waals surface area contributed by atoms with Gasteiger partial charge in [-0.2, -0.15) is 0 Å². The molecule has 0 amide bonds. The summed E-state index contributed by atoms with van der Waals surface area (Å²) in [6, 6.07) is 7.03. The summed E-state index contributed by atoms with van der Waals surface area (Å²) in [4.78, 5) is 24.8. The number of thiophene rings is 1. The number of sulfonamides is 1. The normalized spacial score (nSPS) is 14.6. The second-order valence-corrected chi connectivity index (χ2v) is 12.4. The first-order valence-electron chi connectivity index (χ1n) is 11.1. The summed E-state index contributed by atoms with van der Waals surface area (Å²) in [7, 11) is -1.10. The smallest absolute Gasteiger partial charge is 0.351 e. The minimum atomic E-state index is -3.60. The SMILES string of the molecule is COC(=O)COc1c(C(=O)OC)sc(-c2cccc(N(C3CCNCC3)S(=O)(=O)C(C)C)c2)c1Br. The number of esters is 2. The average molecular weight is 590 g/mol. The summed E-state index contributed by atoms with van der Waals surface area (Å²) in [5, 5.41) is 2.69. The van der Waals surface area contributed by atoms with Gasteiger partial charge in [0, 0.05) is 6.04 Å². The van der Waals surface area contributed by atoms with E-state index < -0.39 is 27.2 Å². The van der Waals surface area contributed by atoms with Crippen LogP contribution in [0.5, 0.6) is 5.75 Å². The van der Waals surface area contributed by atoms with Crippen LogP contribution in [0.4, 0.5) is 5.69 Å². The van der Waals surface area contributed by atoms with Crippen LogP contribution in [0.15, 0.2) is 28.7 Å². The lowest BCUT2D eigenvalue weighted by molar-refractivity contribution is -0.142. The number of ether oxygens (including phenoxy) is 3. The van der Waals surface area contributed by atoms with Crippen LogP contribution in [0.2, 0.25) is 0 Å². The van der Waals surface area contributed by atoms with E-state index in [0.717, 1.165) is 24.4 Å². The minimum Gasteiger partial charge on any atom is -0.479 e. The molecule has 0 unspecified atom stereocenters. The molecule has 1 aliphatic rings. The molecule has 2 aromatic rings. The number of rotatable bonds is 9. The number of carbonyl (C=O) groups is 2. The predicted molar refractivity (Wildman–Crippen MR) is 139 cm³/mol. The van der Waals surface area contributed by atoms with E-state index in [4.69, 9.17) is 9.47 Å². The van der Waals surface area contributed by atoms with Crippen LogP contribution in [-0.2, 0) is 24.3 Å². The molecule has 3 rings (SSSR count). The molecule has 0 bridgehead atoms. The Balaban J connectivity index is 2.08. The van der Waals surface area contributed by atoms with Crippen molar-refractivity contribution in [2.24, 2.45) is 0 Å². The van der Waals surface area contributed by atoms with E-state index >= 15 is 0 Å². The number of nitrogens with one attached hydrogen (secondary N) is 1. The molecule has 2 heterocycles. The average Bonchev–Trinajstić information content (AvgIpc) is 3.18. The molecular weight excluding hydrogens is 560 g/mol. The molecule has 9 nitrogen and oxygen atoms in total. The number of halogens is 1. The molecule has 0 spiro atoms. The van der Waals surface area contributed by atoms with Gasteiger partial charge in [0.15, 0.2) is 17.2 Å². The first kappa shape index (κ1) is 27.4. The van der Waals surface area contributed by atoms with Crippen molar-refractivity contribution in [1.29, 1.82) is 0 Å². The number of hydrogen-bond acceptors (Lipinski definition) is 9. The second-order valence-electron chi connectivity index (χ2n) is 8.18.